The van der Waals surface area contributed by atoms with Crippen molar-refractivity contribution in [3.63, 3.8) is 0 Å². The highest BCUT2D eigenvalue weighted by Crippen LogP contribution is 2.18. The summed E-state index contributed by atoms with van der Waals surface area (Å²) in [4.78, 5) is 35.7. The molecule has 6 heteroatoms. The lowest BCUT2D eigenvalue weighted by atomic mass is 10.0. The van der Waals surface area contributed by atoms with E-state index in [0.717, 1.165) is 10.8 Å². The number of hydrogen-bond acceptors (Lipinski definition) is 4. The highest BCUT2D eigenvalue weighted by molar-refractivity contribution is 6.07. The molecule has 6 nitrogen and oxygen atoms in total. The number of carbonyl (C=O) groups is 3. The van der Waals surface area contributed by atoms with Crippen molar-refractivity contribution in [3.8, 4) is 5.75 Å². The number of ether oxygens (including phenoxy) is 1. The lowest BCUT2D eigenvalue weighted by molar-refractivity contribution is -0.131. The molecule has 0 radical (unpaired) electrons. The van der Waals surface area contributed by atoms with Gasteiger partial charge in [0.2, 0.25) is 0 Å². The predicted molar refractivity (Wildman–Crippen MR) is 111 cm³/mol. The molecular formula is C23H22N2O4. The predicted octanol–water partition coefficient (Wildman–Crippen LogP) is 3.32. The van der Waals surface area contributed by atoms with Gasteiger partial charge in [0.25, 0.3) is 11.8 Å². The van der Waals surface area contributed by atoms with Crippen molar-refractivity contribution in [2.45, 2.75) is 13.3 Å². The number of rotatable bonds is 7. The molecule has 2 N–H and O–H groups in total. The molecule has 0 aliphatic carbocycles. The molecule has 0 heterocycles. The van der Waals surface area contributed by atoms with Gasteiger partial charge in [0.1, 0.15) is 5.75 Å². The molecular weight excluding hydrogens is 368 g/mol. The maximum atomic E-state index is 12.5. The van der Waals surface area contributed by atoms with E-state index in [2.05, 4.69) is 10.6 Å². The molecule has 0 aromatic heterocycles. The first kappa shape index (κ1) is 20.1. The van der Waals surface area contributed by atoms with E-state index < -0.39 is 5.97 Å². The number of hydrogen-bond donors (Lipinski definition) is 2. The quantitative estimate of drug-likeness (QED) is 0.368. The minimum atomic E-state index is -0.440. The van der Waals surface area contributed by atoms with Crippen molar-refractivity contribution in [3.05, 3.63) is 77.9 Å². The van der Waals surface area contributed by atoms with Gasteiger partial charge in [-0.25, -0.2) is 0 Å². The van der Waals surface area contributed by atoms with Gasteiger partial charge in [-0.05, 0) is 41.5 Å². The van der Waals surface area contributed by atoms with Crippen molar-refractivity contribution >= 4 is 28.6 Å². The Kier molecular flexibility index (Phi) is 6.58. The molecule has 0 spiro atoms. The van der Waals surface area contributed by atoms with Gasteiger partial charge in [0, 0.05) is 31.1 Å². The van der Waals surface area contributed by atoms with E-state index in [9.17, 15) is 14.4 Å². The molecule has 0 bridgehead atoms. The SMILES string of the molecule is CC(=O)Oc1cccc(C(=O)NCCCNC(=O)c2cccc3ccccc23)c1. The van der Waals surface area contributed by atoms with Crippen LogP contribution in [0.15, 0.2) is 66.7 Å². The third-order valence-corrected chi connectivity index (χ3v) is 4.32. The van der Waals surface area contributed by atoms with Gasteiger partial charge in [-0.15, -0.1) is 0 Å². The molecule has 3 aromatic carbocycles. The third kappa shape index (κ3) is 5.42. The van der Waals surface area contributed by atoms with Crippen LogP contribution in [0, 0.1) is 0 Å². The average Bonchev–Trinajstić information content (AvgIpc) is 2.72. The normalized spacial score (nSPS) is 10.4. The molecule has 3 rings (SSSR count). The number of carbonyl (C=O) groups excluding carboxylic acids is 3. The molecule has 3 aromatic rings. The largest absolute Gasteiger partial charge is 0.427 e. The van der Waals surface area contributed by atoms with Crippen LogP contribution >= 0.6 is 0 Å². The van der Waals surface area contributed by atoms with Crippen LogP contribution in [0.3, 0.4) is 0 Å². The Balaban J connectivity index is 1.46. The van der Waals surface area contributed by atoms with Gasteiger partial charge in [-0.3, -0.25) is 14.4 Å². The van der Waals surface area contributed by atoms with Crippen LogP contribution in [0.5, 0.6) is 5.75 Å². The second kappa shape index (κ2) is 9.50. The van der Waals surface area contributed by atoms with Crippen LogP contribution < -0.4 is 15.4 Å². The van der Waals surface area contributed by atoms with Gasteiger partial charge in [0.15, 0.2) is 0 Å². The van der Waals surface area contributed by atoms with Crippen LogP contribution in [0.2, 0.25) is 0 Å². The molecule has 29 heavy (non-hydrogen) atoms. The fraction of sp³-hybridized carbons (Fsp3) is 0.174. The lowest BCUT2D eigenvalue weighted by Crippen LogP contribution is -2.30. The number of esters is 1. The monoisotopic (exact) mass is 390 g/mol. The Morgan fingerprint density at radius 2 is 1.52 bits per heavy atom. The first-order chi connectivity index (χ1) is 14.0. The summed E-state index contributed by atoms with van der Waals surface area (Å²) < 4.78 is 4.98. The first-order valence-corrected chi connectivity index (χ1v) is 9.37. The lowest BCUT2D eigenvalue weighted by Gasteiger charge is -2.09. The van der Waals surface area contributed by atoms with Crippen molar-refractivity contribution < 1.29 is 19.1 Å². The Labute approximate surface area is 168 Å². The third-order valence-electron chi connectivity index (χ3n) is 4.32. The Morgan fingerprint density at radius 1 is 0.828 bits per heavy atom. The fourth-order valence-corrected chi connectivity index (χ4v) is 2.98. The summed E-state index contributed by atoms with van der Waals surface area (Å²) in [5.41, 5.74) is 1.04. The summed E-state index contributed by atoms with van der Waals surface area (Å²) in [5, 5.41) is 7.61. The molecule has 0 aliphatic heterocycles. The molecule has 0 saturated heterocycles. The zero-order valence-electron chi connectivity index (χ0n) is 16.1. The Morgan fingerprint density at radius 3 is 2.31 bits per heavy atom. The van der Waals surface area contributed by atoms with Crippen molar-refractivity contribution in [2.75, 3.05) is 13.1 Å². The summed E-state index contributed by atoms with van der Waals surface area (Å²) in [6.07, 6.45) is 0.589. The van der Waals surface area contributed by atoms with E-state index in [0.29, 0.717) is 36.4 Å². The summed E-state index contributed by atoms with van der Waals surface area (Å²) in [7, 11) is 0. The van der Waals surface area contributed by atoms with Crippen LogP contribution in [0.1, 0.15) is 34.1 Å². The average molecular weight is 390 g/mol. The summed E-state index contributed by atoms with van der Waals surface area (Å²) in [6.45, 7) is 2.15. The first-order valence-electron chi connectivity index (χ1n) is 9.37. The standard InChI is InChI=1S/C23H22N2O4/c1-16(26)29-19-10-4-9-18(15-19)22(27)24-13-6-14-25-23(28)21-12-5-8-17-7-2-3-11-20(17)21/h2-5,7-12,15H,6,13-14H2,1H3,(H,24,27)(H,25,28). The summed E-state index contributed by atoms with van der Waals surface area (Å²) >= 11 is 0. The van der Waals surface area contributed by atoms with Crippen LogP contribution in [-0.4, -0.2) is 30.9 Å². The van der Waals surface area contributed by atoms with Crippen LogP contribution in [-0.2, 0) is 4.79 Å². The minimum absolute atomic E-state index is 0.137. The van der Waals surface area contributed by atoms with E-state index in [1.807, 2.05) is 36.4 Å². The Bertz CT molecular complexity index is 1040. The number of fused-ring (bicyclic) bond motifs is 1. The zero-order chi connectivity index (χ0) is 20.6. The van der Waals surface area contributed by atoms with Gasteiger partial charge in [-0.2, -0.15) is 0 Å². The molecule has 0 fully saturated rings. The molecule has 0 atom stereocenters. The highest BCUT2D eigenvalue weighted by atomic mass is 16.5. The van der Waals surface area contributed by atoms with E-state index in [1.54, 1.807) is 24.3 Å². The molecule has 0 saturated carbocycles. The summed E-state index contributed by atoms with van der Waals surface area (Å²) in [6, 6.07) is 19.8. The van der Waals surface area contributed by atoms with E-state index >= 15 is 0 Å². The second-order valence-corrected chi connectivity index (χ2v) is 6.51. The van der Waals surface area contributed by atoms with Crippen molar-refractivity contribution in [2.24, 2.45) is 0 Å². The van der Waals surface area contributed by atoms with Crippen molar-refractivity contribution in [1.82, 2.24) is 10.6 Å². The Hall–Kier alpha value is -3.67. The molecule has 148 valence electrons. The van der Waals surface area contributed by atoms with Crippen LogP contribution in [0.4, 0.5) is 0 Å². The minimum Gasteiger partial charge on any atom is -0.427 e. The number of benzene rings is 3. The number of amides is 2. The van der Waals surface area contributed by atoms with Gasteiger partial charge in [0.05, 0.1) is 0 Å². The van der Waals surface area contributed by atoms with Crippen LogP contribution in [0.25, 0.3) is 10.8 Å². The van der Waals surface area contributed by atoms with E-state index in [-0.39, 0.29) is 11.8 Å². The van der Waals surface area contributed by atoms with E-state index in [4.69, 9.17) is 4.74 Å². The number of nitrogens with one attached hydrogen (secondary N) is 2. The van der Waals surface area contributed by atoms with Gasteiger partial charge >= 0.3 is 5.97 Å². The van der Waals surface area contributed by atoms with E-state index in [1.165, 1.54) is 13.0 Å². The maximum absolute atomic E-state index is 12.5. The maximum Gasteiger partial charge on any atom is 0.308 e. The smallest absolute Gasteiger partial charge is 0.308 e. The highest BCUT2D eigenvalue weighted by Gasteiger charge is 2.10. The summed E-state index contributed by atoms with van der Waals surface area (Å²) in [5.74, 6) is -0.515. The zero-order valence-corrected chi connectivity index (χ0v) is 16.1. The molecule has 0 aliphatic rings. The second-order valence-electron chi connectivity index (χ2n) is 6.51. The van der Waals surface area contributed by atoms with Crippen molar-refractivity contribution in [1.29, 1.82) is 0 Å². The molecule has 2 amide bonds. The fourth-order valence-electron chi connectivity index (χ4n) is 2.98. The van der Waals surface area contributed by atoms with Gasteiger partial charge in [-0.1, -0.05) is 42.5 Å². The topological polar surface area (TPSA) is 84.5 Å². The molecule has 0 unspecified atom stereocenters. The van der Waals surface area contributed by atoms with Gasteiger partial charge < -0.3 is 15.4 Å².